The summed E-state index contributed by atoms with van der Waals surface area (Å²) in [6, 6.07) is 0. The maximum atomic E-state index is 12.6. The van der Waals surface area contributed by atoms with Crippen molar-refractivity contribution in [2.75, 3.05) is 19.0 Å². The van der Waals surface area contributed by atoms with E-state index >= 15 is 0 Å². The Kier molecular flexibility index (Phi) is 6.18. The van der Waals surface area contributed by atoms with E-state index in [1.165, 1.54) is 11.8 Å². The third kappa shape index (κ3) is 3.50. The summed E-state index contributed by atoms with van der Waals surface area (Å²) in [7, 11) is 0. The number of thioether (sulfide) groups is 1. The monoisotopic (exact) mass is 605 g/mol. The van der Waals surface area contributed by atoms with Crippen LogP contribution in [0.1, 0.15) is 71.6 Å². The van der Waals surface area contributed by atoms with E-state index in [4.69, 9.17) is 18.9 Å². The molecule has 4 aliphatic heterocycles. The fourth-order valence-electron chi connectivity index (χ4n) is 11.3. The van der Waals surface area contributed by atoms with Crippen LogP contribution in [0.5, 0.6) is 0 Å². The predicted octanol–water partition coefficient (Wildman–Crippen LogP) is 1.99. The van der Waals surface area contributed by atoms with Gasteiger partial charge in [-0.15, -0.1) is 11.8 Å². The van der Waals surface area contributed by atoms with Crippen molar-refractivity contribution in [2.45, 2.75) is 112 Å². The van der Waals surface area contributed by atoms with Crippen LogP contribution in [0.3, 0.4) is 0 Å². The number of carbonyl (C=O) groups excluding carboxylic acids is 2. The second-order valence-electron chi connectivity index (χ2n) is 14.8. The summed E-state index contributed by atoms with van der Waals surface area (Å²) in [5, 5.41) is 38.9. The van der Waals surface area contributed by atoms with Crippen molar-refractivity contribution < 1.29 is 43.9 Å². The number of nitrogens with one attached hydrogen (secondary N) is 1. The van der Waals surface area contributed by atoms with Crippen LogP contribution in [-0.4, -0.2) is 87.0 Å². The minimum absolute atomic E-state index is 0.0127. The Bertz CT molecular complexity index is 1230. The van der Waals surface area contributed by atoms with Gasteiger partial charge in [-0.1, -0.05) is 6.92 Å². The highest BCUT2D eigenvalue weighted by Gasteiger charge is 2.72. The molecule has 11 heteroatoms. The summed E-state index contributed by atoms with van der Waals surface area (Å²) in [4.78, 5) is 23.2. The summed E-state index contributed by atoms with van der Waals surface area (Å²) in [5.41, 5.74) is -0.721. The number of hydrogen-bond acceptors (Lipinski definition) is 10. The van der Waals surface area contributed by atoms with E-state index in [9.17, 15) is 24.9 Å². The largest absolute Gasteiger partial charge is 0.458 e. The number of fused-ring (bicyclic) bond motifs is 8. The van der Waals surface area contributed by atoms with Crippen molar-refractivity contribution in [3.05, 3.63) is 11.6 Å². The number of carbonyl (C=O) groups is 2. The van der Waals surface area contributed by atoms with Crippen LogP contribution >= 0.6 is 11.8 Å². The Morgan fingerprint density at radius 2 is 1.88 bits per heavy atom. The first-order valence-corrected chi connectivity index (χ1v) is 16.8. The van der Waals surface area contributed by atoms with Crippen LogP contribution in [0.4, 0.5) is 0 Å². The number of hydrogen-bond donors (Lipinski definition) is 4. The molecule has 3 saturated heterocycles. The molecule has 10 nitrogen and oxygen atoms in total. The highest BCUT2D eigenvalue weighted by atomic mass is 32.2. The Morgan fingerprint density at radius 1 is 1.05 bits per heavy atom. The third-order valence-corrected chi connectivity index (χ3v) is 14.7. The van der Waals surface area contributed by atoms with E-state index in [0.29, 0.717) is 32.3 Å². The maximum Gasteiger partial charge on any atom is 0.331 e. The summed E-state index contributed by atoms with van der Waals surface area (Å²) < 4.78 is 24.5. The van der Waals surface area contributed by atoms with Crippen molar-refractivity contribution in [1.29, 1.82) is 0 Å². The number of ether oxygens (including phenoxy) is 4. The zero-order valence-corrected chi connectivity index (χ0v) is 25.2. The average molecular weight is 606 g/mol. The van der Waals surface area contributed by atoms with Gasteiger partial charge in [0, 0.05) is 29.9 Å². The molecule has 0 aromatic carbocycles. The lowest BCUT2D eigenvalue weighted by Gasteiger charge is -2.66. The van der Waals surface area contributed by atoms with Crippen molar-refractivity contribution in [3.63, 3.8) is 0 Å². The van der Waals surface area contributed by atoms with E-state index < -0.39 is 34.1 Å². The highest BCUT2D eigenvalue weighted by Crippen LogP contribution is 2.70. The van der Waals surface area contributed by atoms with Gasteiger partial charge in [0.1, 0.15) is 11.5 Å². The fraction of sp³-hybridized carbons (Fsp3) is 0.871. The zero-order valence-electron chi connectivity index (χ0n) is 24.4. The molecule has 42 heavy (non-hydrogen) atoms. The molecule has 0 aromatic rings. The molecule has 0 bridgehead atoms. The molecule has 4 aliphatic carbocycles. The van der Waals surface area contributed by atoms with E-state index in [-0.39, 0.29) is 65.5 Å². The Morgan fingerprint density at radius 3 is 2.60 bits per heavy atom. The number of cyclic esters (lactones) is 1. The standard InChI is InChI=1S/C31H43NO9S/c1-16-11-30(32-24(34)14-42-30)31(37)26(39-16)40-22-10-18-3-4-21-20(28(18,15-33)12-23(22)41-31)5-7-27(2)19(6-8-29(21,27)36)17-9-25(35)38-13-17/h9,16,18-23,26,33,36-37H,3-8,10-15H2,1-2H3,(H,32,34)/t16-,18+,19-,20+,21-,22-,23-,26+,27-,28-,29+,30+,31-/m1/s1. The van der Waals surface area contributed by atoms with Crippen molar-refractivity contribution in [2.24, 2.45) is 34.5 Å². The molecule has 13 atom stereocenters. The average Bonchev–Trinajstić information content (AvgIpc) is 3.62. The molecule has 4 N–H and O–H groups in total. The number of aliphatic hydroxyl groups is 3. The van der Waals surface area contributed by atoms with Gasteiger partial charge in [0.2, 0.25) is 12.2 Å². The minimum atomic E-state index is -1.86. The number of esters is 1. The molecule has 8 rings (SSSR count). The Labute approximate surface area is 250 Å². The van der Waals surface area contributed by atoms with Crippen LogP contribution in [0.2, 0.25) is 0 Å². The Hall–Kier alpha value is -1.21. The van der Waals surface area contributed by atoms with Crippen LogP contribution in [0, 0.1) is 34.5 Å². The summed E-state index contributed by atoms with van der Waals surface area (Å²) in [6.45, 7) is 4.42. The molecule has 1 spiro atoms. The molecule has 4 saturated carbocycles. The minimum Gasteiger partial charge on any atom is -0.458 e. The second-order valence-corrected chi connectivity index (χ2v) is 16.1. The van der Waals surface area contributed by atoms with Crippen LogP contribution < -0.4 is 5.32 Å². The highest BCUT2D eigenvalue weighted by molar-refractivity contribution is 8.01. The molecule has 0 unspecified atom stereocenters. The summed E-state index contributed by atoms with van der Waals surface area (Å²) >= 11 is 1.35. The van der Waals surface area contributed by atoms with Crippen molar-refractivity contribution >= 4 is 23.6 Å². The lowest BCUT2D eigenvalue weighted by molar-refractivity contribution is -0.449. The topological polar surface area (TPSA) is 144 Å². The van der Waals surface area contributed by atoms with E-state index in [1.54, 1.807) is 6.08 Å². The first kappa shape index (κ1) is 28.3. The van der Waals surface area contributed by atoms with Crippen molar-refractivity contribution in [3.8, 4) is 0 Å². The molecular formula is C31H43NO9S. The number of amides is 1. The lowest BCUT2D eigenvalue weighted by atomic mass is 9.42. The summed E-state index contributed by atoms with van der Waals surface area (Å²) in [5.74, 6) is -1.62. The van der Waals surface area contributed by atoms with Gasteiger partial charge in [0.15, 0.2) is 0 Å². The van der Waals surface area contributed by atoms with Crippen molar-refractivity contribution in [1.82, 2.24) is 5.32 Å². The van der Waals surface area contributed by atoms with Gasteiger partial charge in [-0.25, -0.2) is 4.79 Å². The SMILES string of the molecule is C[C@@H]1C[C@@]2(NC(=O)CS2)[C@]2(O)O[C@@H]3C[C@@]4(CO)[C@@H](CC[C@@H]5[C@@H]4CC[C@]4(C)[C@@H](C6=CC(=O)OC6)CC[C@]54O)C[C@H]3O[C@@H]2O1. The van der Waals surface area contributed by atoms with Crippen LogP contribution in [-0.2, 0) is 28.5 Å². The maximum absolute atomic E-state index is 12.6. The zero-order chi connectivity index (χ0) is 29.3. The van der Waals surface area contributed by atoms with E-state index in [1.807, 2.05) is 6.92 Å². The molecule has 0 aromatic heterocycles. The van der Waals surface area contributed by atoms with Gasteiger partial charge < -0.3 is 39.6 Å². The van der Waals surface area contributed by atoms with E-state index in [2.05, 4.69) is 12.2 Å². The predicted molar refractivity (Wildman–Crippen MR) is 149 cm³/mol. The quantitative estimate of drug-likeness (QED) is 0.273. The fourth-order valence-corrected chi connectivity index (χ4v) is 12.6. The molecule has 7 fully saturated rings. The van der Waals surface area contributed by atoms with Gasteiger partial charge >= 0.3 is 5.97 Å². The molecule has 232 valence electrons. The van der Waals surface area contributed by atoms with Gasteiger partial charge in [0.05, 0.1) is 29.7 Å². The molecule has 1 amide bonds. The van der Waals surface area contributed by atoms with E-state index in [0.717, 1.165) is 37.7 Å². The first-order chi connectivity index (χ1) is 20.0. The smallest absolute Gasteiger partial charge is 0.331 e. The Balaban J connectivity index is 1.10. The third-order valence-electron chi connectivity index (χ3n) is 13.2. The number of aliphatic hydroxyl groups excluding tert-OH is 1. The first-order valence-electron chi connectivity index (χ1n) is 15.8. The normalized spacial score (nSPS) is 56.5. The van der Waals surface area contributed by atoms with Crippen LogP contribution in [0.25, 0.3) is 0 Å². The van der Waals surface area contributed by atoms with Crippen LogP contribution in [0.15, 0.2) is 11.6 Å². The second kappa shape index (κ2) is 9.17. The van der Waals surface area contributed by atoms with Gasteiger partial charge in [-0.05, 0) is 87.5 Å². The number of rotatable bonds is 2. The molecule has 4 heterocycles. The van der Waals surface area contributed by atoms with Gasteiger partial charge in [-0.2, -0.15) is 0 Å². The molecule has 0 radical (unpaired) electrons. The molecule has 8 aliphatic rings. The molecular weight excluding hydrogens is 562 g/mol. The lowest BCUT2D eigenvalue weighted by Crippen LogP contribution is -2.76. The van der Waals surface area contributed by atoms with Gasteiger partial charge in [-0.3, -0.25) is 4.79 Å². The summed E-state index contributed by atoms with van der Waals surface area (Å²) in [6.07, 6.45) is 6.18. The van der Waals surface area contributed by atoms with Gasteiger partial charge in [0.25, 0.3) is 5.79 Å².